The maximum absolute atomic E-state index is 11.9. The number of hydrogen-bond acceptors (Lipinski definition) is 3. The van der Waals surface area contributed by atoms with E-state index >= 15 is 0 Å². The zero-order valence-electron chi connectivity index (χ0n) is 9.60. The van der Waals surface area contributed by atoms with E-state index in [1.807, 2.05) is 19.9 Å². The molecule has 0 bridgehead atoms. The molecule has 4 heteroatoms. The van der Waals surface area contributed by atoms with Crippen LogP contribution in [0.15, 0.2) is 18.3 Å². The summed E-state index contributed by atoms with van der Waals surface area (Å²) >= 11 is 0. The van der Waals surface area contributed by atoms with Gasteiger partial charge in [0.15, 0.2) is 0 Å². The Balaban J connectivity index is 2.83. The van der Waals surface area contributed by atoms with Crippen LogP contribution in [-0.2, 0) is 0 Å². The predicted octanol–water partition coefficient (Wildman–Crippen LogP) is 1.83. The number of nitriles is 1. The molecule has 1 rings (SSSR count). The minimum atomic E-state index is -0.0751. The van der Waals surface area contributed by atoms with Crippen molar-refractivity contribution in [3.63, 3.8) is 0 Å². The van der Waals surface area contributed by atoms with Gasteiger partial charge in [0.25, 0.3) is 5.91 Å². The summed E-state index contributed by atoms with van der Waals surface area (Å²) in [4.78, 5) is 17.7. The van der Waals surface area contributed by atoms with Gasteiger partial charge in [0, 0.05) is 19.3 Å². The van der Waals surface area contributed by atoms with E-state index in [2.05, 4.69) is 4.98 Å². The summed E-state index contributed by atoms with van der Waals surface area (Å²) in [7, 11) is 0. The Morgan fingerprint density at radius 3 is 2.69 bits per heavy atom. The Bertz CT molecular complexity index is 392. The van der Waals surface area contributed by atoms with Crippen LogP contribution in [0.3, 0.4) is 0 Å². The van der Waals surface area contributed by atoms with E-state index in [0.29, 0.717) is 17.8 Å². The van der Waals surface area contributed by atoms with Gasteiger partial charge in [0.2, 0.25) is 0 Å². The number of rotatable bonds is 4. The normalized spacial score (nSPS) is 9.56. The number of nitrogens with zero attached hydrogens (tertiary/aromatic N) is 3. The summed E-state index contributed by atoms with van der Waals surface area (Å²) < 4.78 is 0. The highest BCUT2D eigenvalue weighted by molar-refractivity contribution is 5.92. The molecule has 16 heavy (non-hydrogen) atoms. The molecule has 0 radical (unpaired) electrons. The molecule has 0 atom stereocenters. The Labute approximate surface area is 95.5 Å². The molecule has 1 aromatic heterocycles. The van der Waals surface area contributed by atoms with Crippen molar-refractivity contribution in [2.24, 2.45) is 0 Å². The van der Waals surface area contributed by atoms with Crippen LogP contribution in [0.2, 0.25) is 0 Å². The molecule has 0 saturated heterocycles. The van der Waals surface area contributed by atoms with Crippen molar-refractivity contribution in [1.29, 1.82) is 5.26 Å². The van der Waals surface area contributed by atoms with Crippen LogP contribution in [0.5, 0.6) is 0 Å². The van der Waals surface area contributed by atoms with Crippen LogP contribution in [-0.4, -0.2) is 28.9 Å². The Hall–Kier alpha value is -1.89. The van der Waals surface area contributed by atoms with Crippen molar-refractivity contribution in [3.05, 3.63) is 29.6 Å². The summed E-state index contributed by atoms with van der Waals surface area (Å²) in [6.45, 7) is 5.38. The van der Waals surface area contributed by atoms with Crippen molar-refractivity contribution in [3.8, 4) is 6.07 Å². The Morgan fingerprint density at radius 2 is 2.25 bits per heavy atom. The number of carbonyl (C=O) groups is 1. The van der Waals surface area contributed by atoms with Gasteiger partial charge in [0.05, 0.1) is 5.56 Å². The van der Waals surface area contributed by atoms with Crippen molar-refractivity contribution in [2.45, 2.75) is 20.3 Å². The van der Waals surface area contributed by atoms with Gasteiger partial charge in [-0.25, -0.2) is 4.98 Å². The van der Waals surface area contributed by atoms with Crippen LogP contribution in [0.4, 0.5) is 0 Å². The molecule has 1 heterocycles. The first-order valence-electron chi connectivity index (χ1n) is 5.38. The molecule has 4 nitrogen and oxygen atoms in total. The SMILES string of the molecule is CCCN(CC)C(=O)c1ccc(C#N)cn1. The van der Waals surface area contributed by atoms with Crippen molar-refractivity contribution < 1.29 is 4.79 Å². The number of hydrogen-bond donors (Lipinski definition) is 0. The molecule has 0 aromatic carbocycles. The smallest absolute Gasteiger partial charge is 0.272 e. The molecule has 1 amide bonds. The van der Waals surface area contributed by atoms with E-state index in [0.717, 1.165) is 13.0 Å². The Kier molecular flexibility index (Phi) is 4.46. The van der Waals surface area contributed by atoms with Gasteiger partial charge >= 0.3 is 0 Å². The summed E-state index contributed by atoms with van der Waals surface area (Å²) in [5.41, 5.74) is 0.865. The van der Waals surface area contributed by atoms with Gasteiger partial charge in [-0.1, -0.05) is 6.92 Å². The second-order valence-corrected chi connectivity index (χ2v) is 3.43. The first kappa shape index (κ1) is 12.2. The van der Waals surface area contributed by atoms with Gasteiger partial charge in [-0.15, -0.1) is 0 Å². The summed E-state index contributed by atoms with van der Waals surface area (Å²) in [5, 5.41) is 8.62. The molecule has 1 aromatic rings. The first-order valence-corrected chi connectivity index (χ1v) is 5.38. The van der Waals surface area contributed by atoms with Gasteiger partial charge in [-0.3, -0.25) is 4.79 Å². The number of pyridine rings is 1. The summed E-state index contributed by atoms with van der Waals surface area (Å²) in [5.74, 6) is -0.0751. The summed E-state index contributed by atoms with van der Waals surface area (Å²) in [6, 6.07) is 5.18. The molecule has 0 unspecified atom stereocenters. The van der Waals surface area contributed by atoms with Crippen LogP contribution in [0.25, 0.3) is 0 Å². The second-order valence-electron chi connectivity index (χ2n) is 3.43. The topological polar surface area (TPSA) is 57.0 Å². The fourth-order valence-electron chi connectivity index (χ4n) is 1.42. The maximum Gasteiger partial charge on any atom is 0.272 e. The zero-order valence-corrected chi connectivity index (χ0v) is 9.60. The minimum Gasteiger partial charge on any atom is -0.338 e. The lowest BCUT2D eigenvalue weighted by atomic mass is 10.2. The lowest BCUT2D eigenvalue weighted by Crippen LogP contribution is -2.32. The highest BCUT2D eigenvalue weighted by Crippen LogP contribution is 2.04. The zero-order chi connectivity index (χ0) is 12.0. The molecule has 0 fully saturated rings. The first-order chi connectivity index (χ1) is 7.72. The largest absolute Gasteiger partial charge is 0.338 e. The molecule has 0 spiro atoms. The third-order valence-electron chi connectivity index (χ3n) is 2.27. The van der Waals surface area contributed by atoms with E-state index in [4.69, 9.17) is 5.26 Å². The van der Waals surface area contributed by atoms with Crippen LogP contribution < -0.4 is 0 Å². The van der Waals surface area contributed by atoms with E-state index in [-0.39, 0.29) is 5.91 Å². The molecule has 84 valence electrons. The van der Waals surface area contributed by atoms with Crippen molar-refractivity contribution >= 4 is 5.91 Å². The van der Waals surface area contributed by atoms with Gasteiger partial charge in [0.1, 0.15) is 11.8 Å². The highest BCUT2D eigenvalue weighted by atomic mass is 16.2. The number of aromatic nitrogens is 1. The van der Waals surface area contributed by atoms with Crippen molar-refractivity contribution in [2.75, 3.05) is 13.1 Å². The average molecular weight is 217 g/mol. The molecule has 0 aliphatic rings. The van der Waals surface area contributed by atoms with Crippen LogP contribution >= 0.6 is 0 Å². The summed E-state index contributed by atoms with van der Waals surface area (Å²) in [6.07, 6.45) is 2.35. The van der Waals surface area contributed by atoms with Crippen molar-refractivity contribution in [1.82, 2.24) is 9.88 Å². The van der Waals surface area contributed by atoms with Crippen LogP contribution in [0, 0.1) is 11.3 Å². The number of amides is 1. The molecular formula is C12H15N3O. The predicted molar refractivity (Wildman–Crippen MR) is 60.8 cm³/mol. The quantitative estimate of drug-likeness (QED) is 0.773. The molecule has 0 aliphatic carbocycles. The third-order valence-corrected chi connectivity index (χ3v) is 2.27. The Morgan fingerprint density at radius 1 is 1.50 bits per heavy atom. The van der Waals surface area contributed by atoms with E-state index in [1.54, 1.807) is 17.0 Å². The average Bonchev–Trinajstić information content (AvgIpc) is 2.35. The molecule has 0 aliphatic heterocycles. The van der Waals surface area contributed by atoms with E-state index in [9.17, 15) is 4.79 Å². The van der Waals surface area contributed by atoms with Gasteiger partial charge < -0.3 is 4.90 Å². The fourth-order valence-corrected chi connectivity index (χ4v) is 1.42. The van der Waals surface area contributed by atoms with E-state index in [1.165, 1.54) is 6.20 Å². The maximum atomic E-state index is 11.9. The lowest BCUT2D eigenvalue weighted by Gasteiger charge is -2.19. The standard InChI is InChI=1S/C12H15N3O/c1-3-7-15(4-2)12(16)11-6-5-10(8-13)9-14-11/h5-6,9H,3-4,7H2,1-2H3. The highest BCUT2D eigenvalue weighted by Gasteiger charge is 2.14. The molecule has 0 N–H and O–H groups in total. The van der Waals surface area contributed by atoms with Crippen LogP contribution in [0.1, 0.15) is 36.3 Å². The van der Waals surface area contributed by atoms with E-state index < -0.39 is 0 Å². The van der Waals surface area contributed by atoms with Gasteiger partial charge in [-0.2, -0.15) is 5.26 Å². The number of carbonyl (C=O) groups excluding carboxylic acids is 1. The monoisotopic (exact) mass is 217 g/mol. The fraction of sp³-hybridized carbons (Fsp3) is 0.417. The molecule has 0 saturated carbocycles. The minimum absolute atomic E-state index is 0.0751. The second kappa shape index (κ2) is 5.86. The third kappa shape index (κ3) is 2.80. The lowest BCUT2D eigenvalue weighted by molar-refractivity contribution is 0.0758. The molecular weight excluding hydrogens is 202 g/mol. The van der Waals surface area contributed by atoms with Gasteiger partial charge in [-0.05, 0) is 25.5 Å².